The summed E-state index contributed by atoms with van der Waals surface area (Å²) in [5.41, 5.74) is 1.48. The predicted octanol–water partition coefficient (Wildman–Crippen LogP) is 4.20. The summed E-state index contributed by atoms with van der Waals surface area (Å²) >= 11 is 0. The lowest BCUT2D eigenvalue weighted by Gasteiger charge is -2.12. The van der Waals surface area contributed by atoms with E-state index in [0.717, 1.165) is 17.7 Å². The number of anilines is 1. The summed E-state index contributed by atoms with van der Waals surface area (Å²) in [5, 5.41) is 13.6. The Labute approximate surface area is 187 Å². The fraction of sp³-hybridized carbons (Fsp3) is 0.136. The van der Waals surface area contributed by atoms with Crippen LogP contribution in [0.5, 0.6) is 5.75 Å². The van der Waals surface area contributed by atoms with Crippen LogP contribution in [0.2, 0.25) is 0 Å². The van der Waals surface area contributed by atoms with Crippen molar-refractivity contribution in [1.82, 2.24) is 0 Å². The highest BCUT2D eigenvalue weighted by Gasteiger charge is 2.26. The number of sulfone groups is 1. The Balaban J connectivity index is 1.69. The normalized spacial score (nSPS) is 11.2. The highest BCUT2D eigenvalue weighted by Crippen LogP contribution is 2.27. The van der Waals surface area contributed by atoms with E-state index in [0.29, 0.717) is 12.0 Å². The topological polar surface area (TPSA) is 116 Å². The van der Waals surface area contributed by atoms with E-state index in [9.17, 15) is 32.1 Å². The van der Waals surface area contributed by atoms with Crippen LogP contribution < -0.4 is 10.1 Å². The number of amides is 1. The van der Waals surface area contributed by atoms with Crippen molar-refractivity contribution >= 4 is 27.1 Å². The molecule has 0 aromatic heterocycles. The van der Waals surface area contributed by atoms with E-state index in [1.807, 2.05) is 30.3 Å². The van der Waals surface area contributed by atoms with Crippen molar-refractivity contribution in [2.24, 2.45) is 0 Å². The van der Waals surface area contributed by atoms with Gasteiger partial charge in [-0.1, -0.05) is 30.3 Å². The molecule has 0 heterocycles. The average molecular weight is 476 g/mol. The number of nitrogens with one attached hydrogen (secondary N) is 1. The minimum atomic E-state index is -4.73. The third kappa shape index (κ3) is 6.10. The van der Waals surface area contributed by atoms with E-state index in [-0.39, 0.29) is 17.1 Å². The molecular formula is C22H18F2N2O6S. The van der Waals surface area contributed by atoms with Gasteiger partial charge < -0.3 is 10.1 Å². The Kier molecular flexibility index (Phi) is 7.34. The number of hydrogen-bond donors (Lipinski definition) is 1. The first-order chi connectivity index (χ1) is 15.7. The summed E-state index contributed by atoms with van der Waals surface area (Å²) in [6.07, 6.45) is 0.347. The average Bonchev–Trinajstić information content (AvgIpc) is 2.79. The predicted molar refractivity (Wildman–Crippen MR) is 116 cm³/mol. The molecule has 0 bridgehead atoms. The van der Waals surface area contributed by atoms with E-state index < -0.39 is 37.9 Å². The molecule has 1 N–H and O–H groups in total. The van der Waals surface area contributed by atoms with Gasteiger partial charge in [0, 0.05) is 29.8 Å². The van der Waals surface area contributed by atoms with Crippen LogP contribution in [0.15, 0.2) is 77.7 Å². The van der Waals surface area contributed by atoms with E-state index >= 15 is 0 Å². The molecule has 8 nitrogen and oxygen atoms in total. The number of carbonyl (C=O) groups excluding carboxylic acids is 1. The number of nitrogens with zero attached hydrogens (tertiary/aromatic N) is 1. The van der Waals surface area contributed by atoms with Gasteiger partial charge in [0.05, 0.1) is 9.82 Å². The Morgan fingerprint density at radius 1 is 1.03 bits per heavy atom. The molecule has 0 saturated heterocycles. The van der Waals surface area contributed by atoms with Gasteiger partial charge in [0.15, 0.2) is 6.61 Å². The summed E-state index contributed by atoms with van der Waals surface area (Å²) in [5.74, 6) is -3.85. The molecule has 0 aliphatic carbocycles. The largest absolute Gasteiger partial charge is 0.483 e. The van der Waals surface area contributed by atoms with Crippen LogP contribution in [0, 0.1) is 10.1 Å². The van der Waals surface area contributed by atoms with Crippen molar-refractivity contribution in [1.29, 1.82) is 0 Å². The smallest absolute Gasteiger partial charge is 0.341 e. The van der Waals surface area contributed by atoms with Crippen LogP contribution >= 0.6 is 0 Å². The van der Waals surface area contributed by atoms with Gasteiger partial charge in [0.2, 0.25) is 9.84 Å². The van der Waals surface area contributed by atoms with Gasteiger partial charge in [-0.15, -0.1) is 0 Å². The van der Waals surface area contributed by atoms with Crippen LogP contribution in [-0.4, -0.2) is 31.6 Å². The molecule has 0 radical (unpaired) electrons. The maximum absolute atomic E-state index is 12.6. The number of rotatable bonds is 9. The Morgan fingerprint density at radius 3 is 2.30 bits per heavy atom. The van der Waals surface area contributed by atoms with Crippen LogP contribution in [-0.2, 0) is 21.1 Å². The van der Waals surface area contributed by atoms with E-state index in [2.05, 4.69) is 5.32 Å². The molecule has 0 aliphatic heterocycles. The first kappa shape index (κ1) is 23.8. The lowest BCUT2D eigenvalue weighted by Crippen LogP contribution is -2.20. The Morgan fingerprint density at radius 2 is 1.70 bits per heavy atom. The standard InChI is InChI=1S/C22H18F2N2O6S/c23-22(24)33(30,31)19-9-6-17(7-10-19)25-21(27)14-32-20-11-8-18(26(28)29)13-16(20)12-15-4-2-1-3-5-15/h1-11,13,22H,12,14H2,(H,25,27). The quantitative estimate of drug-likeness (QED) is 0.366. The molecule has 0 atom stereocenters. The minimum absolute atomic E-state index is 0.114. The summed E-state index contributed by atoms with van der Waals surface area (Å²) in [6.45, 7) is -0.434. The molecule has 0 fully saturated rings. The van der Waals surface area contributed by atoms with Gasteiger partial charge in [0.1, 0.15) is 5.75 Å². The number of ether oxygens (including phenoxy) is 1. The number of benzene rings is 3. The van der Waals surface area contributed by atoms with Crippen LogP contribution in [0.1, 0.15) is 11.1 Å². The van der Waals surface area contributed by atoms with E-state index in [1.165, 1.54) is 30.3 Å². The molecule has 33 heavy (non-hydrogen) atoms. The second-order valence-corrected chi connectivity index (χ2v) is 8.80. The number of nitro groups is 1. The molecule has 3 aromatic rings. The lowest BCUT2D eigenvalue weighted by atomic mass is 10.0. The summed E-state index contributed by atoms with van der Waals surface area (Å²) < 4.78 is 53.7. The molecule has 3 aromatic carbocycles. The zero-order valence-corrected chi connectivity index (χ0v) is 17.8. The highest BCUT2D eigenvalue weighted by molar-refractivity contribution is 7.91. The Hall–Kier alpha value is -3.86. The van der Waals surface area contributed by atoms with Crippen molar-refractivity contribution in [2.75, 3.05) is 11.9 Å². The number of halogens is 2. The summed E-state index contributed by atoms with van der Waals surface area (Å²) in [4.78, 5) is 22.3. The molecule has 172 valence electrons. The monoisotopic (exact) mass is 476 g/mol. The SMILES string of the molecule is O=C(COc1ccc([N+](=O)[O-])cc1Cc1ccccc1)Nc1ccc(S(=O)(=O)C(F)F)cc1. The van der Waals surface area contributed by atoms with Gasteiger partial charge in [-0.2, -0.15) is 8.78 Å². The lowest BCUT2D eigenvalue weighted by molar-refractivity contribution is -0.384. The van der Waals surface area contributed by atoms with Gasteiger partial charge >= 0.3 is 5.76 Å². The number of hydrogen-bond acceptors (Lipinski definition) is 6. The Bertz CT molecular complexity index is 1250. The minimum Gasteiger partial charge on any atom is -0.483 e. The van der Waals surface area contributed by atoms with Gasteiger partial charge in [0.25, 0.3) is 11.6 Å². The molecule has 1 amide bonds. The number of non-ortho nitro benzene ring substituents is 1. The third-order valence-electron chi connectivity index (χ3n) is 4.55. The zero-order chi connectivity index (χ0) is 24.0. The molecule has 3 rings (SSSR count). The second kappa shape index (κ2) is 10.2. The van der Waals surface area contributed by atoms with Crippen molar-refractivity contribution in [3.63, 3.8) is 0 Å². The number of alkyl halides is 2. The molecular weight excluding hydrogens is 458 g/mol. The van der Waals surface area contributed by atoms with Crippen LogP contribution in [0.25, 0.3) is 0 Å². The van der Waals surface area contributed by atoms with E-state index in [4.69, 9.17) is 4.74 Å². The molecule has 0 spiro atoms. The van der Waals surface area contributed by atoms with Gasteiger partial charge in [-0.25, -0.2) is 8.42 Å². The fourth-order valence-electron chi connectivity index (χ4n) is 2.95. The van der Waals surface area contributed by atoms with Crippen LogP contribution in [0.3, 0.4) is 0 Å². The third-order valence-corrected chi connectivity index (χ3v) is 5.95. The molecule has 0 unspecified atom stereocenters. The first-order valence-electron chi connectivity index (χ1n) is 9.53. The summed E-state index contributed by atoms with van der Waals surface area (Å²) in [7, 11) is -4.73. The van der Waals surface area contributed by atoms with Gasteiger partial charge in [-0.05, 0) is 35.9 Å². The second-order valence-electron chi connectivity index (χ2n) is 6.88. The van der Waals surface area contributed by atoms with Crippen molar-refractivity contribution in [2.45, 2.75) is 17.1 Å². The summed E-state index contributed by atoms with van der Waals surface area (Å²) in [6, 6.07) is 17.6. The fourth-order valence-corrected chi connectivity index (χ4v) is 3.67. The van der Waals surface area contributed by atoms with Crippen LogP contribution in [0.4, 0.5) is 20.2 Å². The van der Waals surface area contributed by atoms with E-state index in [1.54, 1.807) is 0 Å². The van der Waals surface area contributed by atoms with Gasteiger partial charge in [-0.3, -0.25) is 14.9 Å². The highest BCUT2D eigenvalue weighted by atomic mass is 32.2. The molecule has 0 saturated carbocycles. The number of nitro benzene ring substituents is 1. The first-order valence-corrected chi connectivity index (χ1v) is 11.1. The van der Waals surface area contributed by atoms with Crippen molar-refractivity contribution in [3.8, 4) is 5.75 Å². The van der Waals surface area contributed by atoms with Crippen molar-refractivity contribution < 1.29 is 31.7 Å². The molecule has 11 heteroatoms. The molecule has 0 aliphatic rings. The maximum atomic E-state index is 12.6. The maximum Gasteiger partial charge on any atom is 0.341 e. The van der Waals surface area contributed by atoms with Crippen molar-refractivity contribution in [3.05, 3.63) is 94.0 Å². The zero-order valence-electron chi connectivity index (χ0n) is 17.0. The number of carbonyl (C=O) groups is 1.